The van der Waals surface area contributed by atoms with Crippen LogP contribution >= 0.6 is 11.8 Å². The molecule has 0 aliphatic heterocycles. The van der Waals surface area contributed by atoms with Crippen LogP contribution in [0.25, 0.3) is 0 Å². The SMILES string of the molecule is CSc1ccccc1.[Br-].[Br-].[Mg+2]. The molecule has 0 atom stereocenters. The van der Waals surface area contributed by atoms with E-state index in [-0.39, 0.29) is 57.0 Å². The van der Waals surface area contributed by atoms with Gasteiger partial charge in [0.2, 0.25) is 0 Å². The standard InChI is InChI=1S/C7H8S.2BrH.Mg/c1-8-7-5-3-2-4-6-7;;;/h2-6H,1H3;2*1H;/q;;;+2/p-2. The van der Waals surface area contributed by atoms with Crippen molar-refractivity contribution >= 4 is 34.8 Å². The molecule has 0 bridgehead atoms. The van der Waals surface area contributed by atoms with Crippen molar-refractivity contribution in [3.8, 4) is 0 Å². The van der Waals surface area contributed by atoms with Gasteiger partial charge in [-0.05, 0) is 18.4 Å². The number of hydrogen-bond acceptors (Lipinski definition) is 1. The van der Waals surface area contributed by atoms with Crippen LogP contribution in [0.1, 0.15) is 0 Å². The van der Waals surface area contributed by atoms with Gasteiger partial charge in [-0.3, -0.25) is 0 Å². The van der Waals surface area contributed by atoms with Gasteiger partial charge in [0, 0.05) is 4.90 Å². The zero-order chi connectivity index (χ0) is 5.82. The first kappa shape index (κ1) is 18.2. The molecule has 0 nitrogen and oxygen atoms in total. The van der Waals surface area contributed by atoms with E-state index in [0.29, 0.717) is 0 Å². The smallest absolute Gasteiger partial charge is 1.00 e. The molecule has 0 heterocycles. The van der Waals surface area contributed by atoms with Gasteiger partial charge in [0.15, 0.2) is 0 Å². The molecule has 0 radical (unpaired) electrons. The molecule has 0 spiro atoms. The van der Waals surface area contributed by atoms with Crippen LogP contribution in [0, 0.1) is 0 Å². The topological polar surface area (TPSA) is 0 Å². The molecule has 0 unspecified atom stereocenters. The molecule has 58 valence electrons. The number of halogens is 2. The second-order valence-corrected chi connectivity index (χ2v) is 2.40. The van der Waals surface area contributed by atoms with Gasteiger partial charge >= 0.3 is 23.1 Å². The molecule has 0 fully saturated rings. The average molecular weight is 308 g/mol. The fraction of sp³-hybridized carbons (Fsp3) is 0.143. The molecule has 11 heavy (non-hydrogen) atoms. The van der Waals surface area contributed by atoms with E-state index in [1.54, 1.807) is 11.8 Å². The van der Waals surface area contributed by atoms with Crippen LogP contribution in [0.4, 0.5) is 0 Å². The molecule has 1 aromatic carbocycles. The second kappa shape index (κ2) is 11.3. The molecule has 0 saturated carbocycles. The number of benzene rings is 1. The Morgan fingerprint density at radius 2 is 1.45 bits per heavy atom. The van der Waals surface area contributed by atoms with Crippen LogP contribution in [0.5, 0.6) is 0 Å². The molecule has 0 amide bonds. The third kappa shape index (κ3) is 7.65. The van der Waals surface area contributed by atoms with Gasteiger partial charge in [-0.25, -0.2) is 0 Å². The Hall–Kier alpha value is 1.30. The minimum absolute atomic E-state index is 0. The largest absolute Gasteiger partial charge is 2.00 e. The Morgan fingerprint density at radius 1 is 1.00 bits per heavy atom. The van der Waals surface area contributed by atoms with Crippen molar-refractivity contribution in [3.63, 3.8) is 0 Å². The molecule has 1 rings (SSSR count). The van der Waals surface area contributed by atoms with Crippen LogP contribution in [-0.2, 0) is 0 Å². The Balaban J connectivity index is -0.000000213. The van der Waals surface area contributed by atoms with Gasteiger partial charge in [-0.1, -0.05) is 18.2 Å². The van der Waals surface area contributed by atoms with Gasteiger partial charge in [0.05, 0.1) is 0 Å². The zero-order valence-electron chi connectivity index (χ0n) is 6.26. The first-order valence-corrected chi connectivity index (χ1v) is 3.75. The summed E-state index contributed by atoms with van der Waals surface area (Å²) in [7, 11) is 0. The van der Waals surface area contributed by atoms with Gasteiger partial charge in [0.25, 0.3) is 0 Å². The van der Waals surface area contributed by atoms with E-state index in [1.165, 1.54) is 4.90 Å². The monoisotopic (exact) mass is 306 g/mol. The van der Waals surface area contributed by atoms with Crippen LogP contribution in [0.3, 0.4) is 0 Å². The van der Waals surface area contributed by atoms with Crippen molar-refractivity contribution in [3.05, 3.63) is 30.3 Å². The van der Waals surface area contributed by atoms with Crippen molar-refractivity contribution in [2.75, 3.05) is 6.26 Å². The predicted octanol–water partition coefficient (Wildman–Crippen LogP) is -3.96. The fourth-order valence-corrected chi connectivity index (χ4v) is 0.986. The zero-order valence-corrected chi connectivity index (χ0v) is 11.7. The van der Waals surface area contributed by atoms with E-state index in [1.807, 2.05) is 18.2 Å². The van der Waals surface area contributed by atoms with Crippen molar-refractivity contribution in [1.82, 2.24) is 0 Å². The van der Waals surface area contributed by atoms with E-state index in [9.17, 15) is 0 Å². The molecule has 0 N–H and O–H groups in total. The molecule has 0 aliphatic rings. The third-order valence-electron chi connectivity index (χ3n) is 0.979. The quantitative estimate of drug-likeness (QED) is 0.377. The molecule has 4 heteroatoms. The normalized spacial score (nSPS) is 6.64. The van der Waals surface area contributed by atoms with E-state index in [4.69, 9.17) is 0 Å². The van der Waals surface area contributed by atoms with E-state index in [0.717, 1.165) is 0 Å². The van der Waals surface area contributed by atoms with Gasteiger partial charge in [0.1, 0.15) is 0 Å². The van der Waals surface area contributed by atoms with Crippen LogP contribution < -0.4 is 34.0 Å². The maximum atomic E-state index is 2.10. The van der Waals surface area contributed by atoms with E-state index >= 15 is 0 Å². The van der Waals surface area contributed by atoms with Gasteiger partial charge in [-0.2, -0.15) is 0 Å². The first-order valence-electron chi connectivity index (χ1n) is 2.52. The summed E-state index contributed by atoms with van der Waals surface area (Å²) in [6.45, 7) is 0. The minimum atomic E-state index is 0. The summed E-state index contributed by atoms with van der Waals surface area (Å²) in [5, 5.41) is 0. The minimum Gasteiger partial charge on any atom is -1.00 e. The average Bonchev–Trinajstić information content (AvgIpc) is 1.90. The predicted molar refractivity (Wildman–Crippen MR) is 44.0 cm³/mol. The van der Waals surface area contributed by atoms with Gasteiger partial charge < -0.3 is 34.0 Å². The van der Waals surface area contributed by atoms with E-state index < -0.39 is 0 Å². The maximum absolute atomic E-state index is 2.10. The molecule has 0 saturated heterocycles. The summed E-state index contributed by atoms with van der Waals surface area (Å²) >= 11 is 1.77. The molecular formula is C7H8Br2MgS. The molecule has 0 aromatic heterocycles. The first-order chi connectivity index (χ1) is 3.93. The summed E-state index contributed by atoms with van der Waals surface area (Å²) in [6, 6.07) is 10.3. The Morgan fingerprint density at radius 3 is 1.73 bits per heavy atom. The summed E-state index contributed by atoms with van der Waals surface area (Å²) in [5.74, 6) is 0. The number of hydrogen-bond donors (Lipinski definition) is 0. The molecular weight excluding hydrogens is 300 g/mol. The van der Waals surface area contributed by atoms with Crippen molar-refractivity contribution in [2.45, 2.75) is 4.90 Å². The Kier molecular flexibility index (Phi) is 18.6. The van der Waals surface area contributed by atoms with E-state index in [2.05, 4.69) is 18.4 Å². The number of rotatable bonds is 1. The van der Waals surface area contributed by atoms with Crippen molar-refractivity contribution in [1.29, 1.82) is 0 Å². The Bertz CT molecular complexity index is 158. The van der Waals surface area contributed by atoms with Gasteiger partial charge in [-0.15, -0.1) is 11.8 Å². The van der Waals surface area contributed by atoms with Crippen LogP contribution in [-0.4, -0.2) is 29.3 Å². The summed E-state index contributed by atoms with van der Waals surface area (Å²) in [6.07, 6.45) is 2.08. The Labute approximate surface area is 109 Å². The second-order valence-electron chi connectivity index (χ2n) is 1.52. The summed E-state index contributed by atoms with van der Waals surface area (Å²) < 4.78 is 0. The molecule has 0 aliphatic carbocycles. The fourth-order valence-electron chi connectivity index (χ4n) is 0.557. The molecule has 1 aromatic rings. The summed E-state index contributed by atoms with van der Waals surface area (Å²) in [5.41, 5.74) is 0. The number of thioether (sulfide) groups is 1. The van der Waals surface area contributed by atoms with Crippen molar-refractivity contribution < 1.29 is 34.0 Å². The van der Waals surface area contributed by atoms with Crippen LogP contribution in [0.2, 0.25) is 0 Å². The summed E-state index contributed by atoms with van der Waals surface area (Å²) in [4.78, 5) is 1.33. The maximum Gasteiger partial charge on any atom is 2.00 e. The third-order valence-corrected chi connectivity index (χ3v) is 1.72. The van der Waals surface area contributed by atoms with Crippen molar-refractivity contribution in [2.24, 2.45) is 0 Å². The van der Waals surface area contributed by atoms with Crippen LogP contribution in [0.15, 0.2) is 35.2 Å².